The van der Waals surface area contributed by atoms with Gasteiger partial charge in [0.05, 0.1) is 5.54 Å². The molecule has 0 fully saturated rings. The lowest BCUT2D eigenvalue weighted by Crippen LogP contribution is -2.45. The van der Waals surface area contributed by atoms with Crippen LogP contribution in [0.15, 0.2) is 24.3 Å². The molecule has 0 aliphatic heterocycles. The molecule has 1 aromatic rings. The van der Waals surface area contributed by atoms with Gasteiger partial charge in [0.25, 0.3) is 0 Å². The van der Waals surface area contributed by atoms with Crippen molar-refractivity contribution in [3.05, 3.63) is 29.8 Å². The lowest BCUT2D eigenvalue weighted by Gasteiger charge is -2.21. The molecule has 1 rings (SSSR count). The van der Waals surface area contributed by atoms with E-state index in [9.17, 15) is 9.59 Å². The van der Waals surface area contributed by atoms with E-state index in [1.807, 2.05) is 0 Å². The molecule has 0 saturated heterocycles. The Morgan fingerprint density at radius 2 is 1.76 bits per heavy atom. The second-order valence-electron chi connectivity index (χ2n) is 4.39. The Labute approximate surface area is 101 Å². The summed E-state index contributed by atoms with van der Waals surface area (Å²) in [6.45, 7) is 4.53. The molecule has 0 heterocycles. The molecule has 4 heteroatoms. The minimum absolute atomic E-state index is 0.0541. The van der Waals surface area contributed by atoms with Gasteiger partial charge < -0.3 is 10.5 Å². The van der Waals surface area contributed by atoms with Gasteiger partial charge in [-0.3, -0.25) is 9.59 Å². The van der Waals surface area contributed by atoms with Crippen molar-refractivity contribution in [1.29, 1.82) is 0 Å². The summed E-state index contributed by atoms with van der Waals surface area (Å²) in [6.07, 6.45) is 0.461. The van der Waals surface area contributed by atoms with E-state index in [0.717, 1.165) is 5.56 Å². The Kier molecular flexibility index (Phi) is 4.02. The quantitative estimate of drug-likeness (QED) is 0.633. The summed E-state index contributed by atoms with van der Waals surface area (Å²) >= 11 is 0. The van der Waals surface area contributed by atoms with Gasteiger partial charge in [-0.1, -0.05) is 12.1 Å². The monoisotopic (exact) mass is 235 g/mol. The average molecular weight is 235 g/mol. The van der Waals surface area contributed by atoms with E-state index in [4.69, 9.17) is 10.5 Å². The van der Waals surface area contributed by atoms with Gasteiger partial charge in [0.1, 0.15) is 11.5 Å². The number of hydrogen-bond acceptors (Lipinski definition) is 4. The summed E-state index contributed by atoms with van der Waals surface area (Å²) in [6, 6.07) is 6.97. The first-order valence-electron chi connectivity index (χ1n) is 5.38. The number of hydrogen-bond donors (Lipinski definition) is 1. The van der Waals surface area contributed by atoms with Crippen LogP contribution in [-0.2, 0) is 16.0 Å². The maximum atomic E-state index is 11.3. The van der Waals surface area contributed by atoms with Crippen molar-refractivity contribution in [1.82, 2.24) is 0 Å². The third-order valence-electron chi connectivity index (χ3n) is 2.56. The standard InChI is InChI=1S/C13H17NO3/c1-9(15)13(3,14)8-11-4-6-12(7-5-11)17-10(2)16/h4-7H,8,14H2,1-3H3/t13-/m1/s1. The average Bonchev–Trinajstić information content (AvgIpc) is 2.19. The summed E-state index contributed by atoms with van der Waals surface area (Å²) in [5, 5.41) is 0. The minimum atomic E-state index is -0.858. The number of ether oxygens (including phenoxy) is 1. The van der Waals surface area contributed by atoms with Crippen LogP contribution in [0.25, 0.3) is 0 Å². The number of benzene rings is 1. The Bertz CT molecular complexity index is 421. The highest BCUT2D eigenvalue weighted by molar-refractivity contribution is 5.85. The highest BCUT2D eigenvalue weighted by Crippen LogP contribution is 2.16. The molecule has 1 atom stereocenters. The van der Waals surface area contributed by atoms with Crippen LogP contribution in [0, 0.1) is 0 Å². The largest absolute Gasteiger partial charge is 0.427 e. The number of rotatable bonds is 4. The van der Waals surface area contributed by atoms with Gasteiger partial charge in [-0.2, -0.15) is 0 Å². The fourth-order valence-corrected chi connectivity index (χ4v) is 1.39. The van der Waals surface area contributed by atoms with Crippen molar-refractivity contribution in [3.8, 4) is 5.75 Å². The molecular weight excluding hydrogens is 218 g/mol. The first kappa shape index (κ1) is 13.4. The van der Waals surface area contributed by atoms with Crippen molar-refractivity contribution in [3.63, 3.8) is 0 Å². The number of Topliss-reactive ketones (excluding diaryl/α,β-unsaturated/α-hetero) is 1. The van der Waals surface area contributed by atoms with Gasteiger partial charge in [-0.15, -0.1) is 0 Å². The van der Waals surface area contributed by atoms with Crippen molar-refractivity contribution < 1.29 is 14.3 Å². The molecule has 2 N–H and O–H groups in total. The van der Waals surface area contributed by atoms with E-state index in [0.29, 0.717) is 12.2 Å². The van der Waals surface area contributed by atoms with Crippen LogP contribution in [0.2, 0.25) is 0 Å². The first-order valence-corrected chi connectivity index (χ1v) is 5.38. The van der Waals surface area contributed by atoms with E-state index in [-0.39, 0.29) is 11.8 Å². The molecule has 0 bridgehead atoms. The van der Waals surface area contributed by atoms with Crippen LogP contribution in [0.3, 0.4) is 0 Å². The summed E-state index contributed by atoms with van der Waals surface area (Å²) in [5.74, 6) is 0.0783. The van der Waals surface area contributed by atoms with Gasteiger partial charge in [-0.05, 0) is 38.0 Å². The second-order valence-corrected chi connectivity index (χ2v) is 4.39. The Hall–Kier alpha value is -1.68. The van der Waals surface area contributed by atoms with E-state index in [1.54, 1.807) is 31.2 Å². The third kappa shape index (κ3) is 4.00. The van der Waals surface area contributed by atoms with E-state index in [2.05, 4.69) is 0 Å². The lowest BCUT2D eigenvalue weighted by molar-refractivity contribution is -0.131. The van der Waals surface area contributed by atoms with Crippen molar-refractivity contribution in [2.75, 3.05) is 0 Å². The van der Waals surface area contributed by atoms with Crippen LogP contribution in [-0.4, -0.2) is 17.3 Å². The normalized spacial score (nSPS) is 13.9. The molecule has 0 aromatic heterocycles. The number of carbonyl (C=O) groups is 2. The Morgan fingerprint density at radius 1 is 1.24 bits per heavy atom. The first-order chi connectivity index (χ1) is 7.81. The topological polar surface area (TPSA) is 69.4 Å². The molecule has 1 aromatic carbocycles. The molecule has 92 valence electrons. The van der Waals surface area contributed by atoms with Crippen molar-refractivity contribution in [2.45, 2.75) is 32.7 Å². The summed E-state index contributed by atoms with van der Waals surface area (Å²) in [7, 11) is 0. The van der Waals surface area contributed by atoms with Gasteiger partial charge in [0.15, 0.2) is 0 Å². The fraction of sp³-hybridized carbons (Fsp3) is 0.385. The van der Waals surface area contributed by atoms with Gasteiger partial charge in [0, 0.05) is 6.92 Å². The predicted octanol–water partition coefficient (Wildman–Crippen LogP) is 1.46. The third-order valence-corrected chi connectivity index (χ3v) is 2.56. The molecular formula is C13H17NO3. The Morgan fingerprint density at radius 3 is 2.18 bits per heavy atom. The van der Waals surface area contributed by atoms with Gasteiger partial charge in [0.2, 0.25) is 0 Å². The summed E-state index contributed by atoms with van der Waals surface area (Å²) in [5.41, 5.74) is 5.95. The molecule has 0 aliphatic rings. The Balaban J connectivity index is 2.75. The molecule has 0 aliphatic carbocycles. The predicted molar refractivity (Wildman–Crippen MR) is 64.7 cm³/mol. The zero-order valence-electron chi connectivity index (χ0n) is 10.3. The fourth-order valence-electron chi connectivity index (χ4n) is 1.39. The van der Waals surface area contributed by atoms with E-state index >= 15 is 0 Å². The maximum absolute atomic E-state index is 11.3. The number of carbonyl (C=O) groups excluding carboxylic acids is 2. The van der Waals surface area contributed by atoms with E-state index in [1.165, 1.54) is 13.8 Å². The molecule has 4 nitrogen and oxygen atoms in total. The van der Waals surface area contributed by atoms with Crippen LogP contribution >= 0.6 is 0 Å². The van der Waals surface area contributed by atoms with Gasteiger partial charge in [-0.25, -0.2) is 0 Å². The highest BCUT2D eigenvalue weighted by Gasteiger charge is 2.24. The SMILES string of the molecule is CC(=O)Oc1ccc(C[C@@](C)(N)C(C)=O)cc1. The summed E-state index contributed by atoms with van der Waals surface area (Å²) < 4.78 is 4.91. The number of nitrogens with two attached hydrogens (primary N) is 1. The lowest BCUT2D eigenvalue weighted by atomic mass is 9.90. The zero-order valence-corrected chi connectivity index (χ0v) is 10.3. The molecule has 0 unspecified atom stereocenters. The maximum Gasteiger partial charge on any atom is 0.308 e. The molecule has 0 saturated carbocycles. The number of ketones is 1. The number of esters is 1. The molecule has 0 spiro atoms. The molecule has 0 radical (unpaired) electrons. The van der Waals surface area contributed by atoms with E-state index < -0.39 is 5.54 Å². The van der Waals surface area contributed by atoms with Crippen LogP contribution in [0.5, 0.6) is 5.75 Å². The molecule has 0 amide bonds. The van der Waals surface area contributed by atoms with Crippen LogP contribution in [0.4, 0.5) is 0 Å². The molecule has 17 heavy (non-hydrogen) atoms. The summed E-state index contributed by atoms with van der Waals surface area (Å²) in [4.78, 5) is 22.0. The highest BCUT2D eigenvalue weighted by atomic mass is 16.5. The smallest absolute Gasteiger partial charge is 0.308 e. The van der Waals surface area contributed by atoms with Gasteiger partial charge >= 0.3 is 5.97 Å². The van der Waals surface area contributed by atoms with Crippen molar-refractivity contribution >= 4 is 11.8 Å². The van der Waals surface area contributed by atoms with Crippen LogP contribution in [0.1, 0.15) is 26.3 Å². The van der Waals surface area contributed by atoms with Crippen LogP contribution < -0.4 is 10.5 Å². The van der Waals surface area contributed by atoms with Crippen molar-refractivity contribution in [2.24, 2.45) is 5.73 Å². The zero-order chi connectivity index (χ0) is 13.1. The minimum Gasteiger partial charge on any atom is -0.427 e. The second kappa shape index (κ2) is 5.10.